The average molecular weight is 213 g/mol. The first-order valence-electron chi connectivity index (χ1n) is 4.87. The van der Waals surface area contributed by atoms with Gasteiger partial charge in [-0.1, -0.05) is 30.3 Å². The SMILES string of the molecule is Nc1cccc(-c2ccccc2C(=O)O)c1. The fourth-order valence-electron chi connectivity index (χ4n) is 1.63. The second-order valence-corrected chi connectivity index (χ2v) is 3.48. The number of hydrogen-bond acceptors (Lipinski definition) is 2. The van der Waals surface area contributed by atoms with Gasteiger partial charge >= 0.3 is 5.97 Å². The van der Waals surface area contributed by atoms with E-state index in [0.29, 0.717) is 11.3 Å². The third kappa shape index (κ3) is 1.88. The summed E-state index contributed by atoms with van der Waals surface area (Å²) in [7, 11) is 0. The maximum atomic E-state index is 11.0. The van der Waals surface area contributed by atoms with Crippen molar-refractivity contribution in [3.05, 3.63) is 54.1 Å². The summed E-state index contributed by atoms with van der Waals surface area (Å²) in [6.07, 6.45) is 0. The van der Waals surface area contributed by atoms with Gasteiger partial charge in [0.15, 0.2) is 0 Å². The van der Waals surface area contributed by atoms with E-state index in [4.69, 9.17) is 10.8 Å². The van der Waals surface area contributed by atoms with Crippen LogP contribution in [0.25, 0.3) is 11.1 Å². The lowest BCUT2D eigenvalue weighted by atomic mass is 9.99. The topological polar surface area (TPSA) is 63.3 Å². The maximum absolute atomic E-state index is 11.0. The van der Waals surface area contributed by atoms with Crippen molar-refractivity contribution in [2.75, 3.05) is 5.73 Å². The molecular weight excluding hydrogens is 202 g/mol. The van der Waals surface area contributed by atoms with Crippen LogP contribution in [-0.2, 0) is 0 Å². The molecule has 0 amide bonds. The van der Waals surface area contributed by atoms with E-state index in [1.54, 1.807) is 30.3 Å². The Morgan fingerprint density at radius 2 is 1.81 bits per heavy atom. The minimum Gasteiger partial charge on any atom is -0.478 e. The lowest BCUT2D eigenvalue weighted by Gasteiger charge is -2.06. The molecule has 2 aromatic carbocycles. The van der Waals surface area contributed by atoms with Gasteiger partial charge in [-0.25, -0.2) is 4.79 Å². The molecule has 3 N–H and O–H groups in total. The first-order valence-corrected chi connectivity index (χ1v) is 4.87. The molecule has 0 radical (unpaired) electrons. The number of nitrogen functional groups attached to an aromatic ring is 1. The number of carboxylic acid groups (broad SMARTS) is 1. The molecule has 80 valence electrons. The molecule has 0 atom stereocenters. The summed E-state index contributed by atoms with van der Waals surface area (Å²) >= 11 is 0. The fraction of sp³-hybridized carbons (Fsp3) is 0. The summed E-state index contributed by atoms with van der Waals surface area (Å²) < 4.78 is 0. The molecule has 0 unspecified atom stereocenters. The first kappa shape index (κ1) is 10.2. The van der Waals surface area contributed by atoms with E-state index in [2.05, 4.69) is 0 Å². The van der Waals surface area contributed by atoms with Crippen molar-refractivity contribution >= 4 is 11.7 Å². The van der Waals surface area contributed by atoms with E-state index in [0.717, 1.165) is 5.56 Å². The van der Waals surface area contributed by atoms with Gasteiger partial charge in [0.05, 0.1) is 5.56 Å². The van der Waals surface area contributed by atoms with Gasteiger partial charge < -0.3 is 10.8 Å². The summed E-state index contributed by atoms with van der Waals surface area (Å²) in [5, 5.41) is 9.07. The third-order valence-corrected chi connectivity index (χ3v) is 2.36. The van der Waals surface area contributed by atoms with E-state index in [-0.39, 0.29) is 5.56 Å². The van der Waals surface area contributed by atoms with Crippen molar-refractivity contribution in [3.63, 3.8) is 0 Å². The van der Waals surface area contributed by atoms with Crippen molar-refractivity contribution in [1.29, 1.82) is 0 Å². The minimum absolute atomic E-state index is 0.285. The van der Waals surface area contributed by atoms with Crippen LogP contribution in [0, 0.1) is 0 Å². The molecule has 0 aliphatic rings. The molecule has 0 heterocycles. The summed E-state index contributed by atoms with van der Waals surface area (Å²) in [5.74, 6) is -0.932. The van der Waals surface area contributed by atoms with E-state index in [9.17, 15) is 4.79 Å². The highest BCUT2D eigenvalue weighted by molar-refractivity contribution is 5.96. The number of carboxylic acids is 1. The van der Waals surface area contributed by atoms with Crippen molar-refractivity contribution in [3.8, 4) is 11.1 Å². The Morgan fingerprint density at radius 1 is 1.06 bits per heavy atom. The monoisotopic (exact) mass is 213 g/mol. The molecule has 0 aliphatic carbocycles. The zero-order chi connectivity index (χ0) is 11.5. The molecule has 0 saturated heterocycles. The highest BCUT2D eigenvalue weighted by Crippen LogP contribution is 2.25. The van der Waals surface area contributed by atoms with Gasteiger partial charge in [0.2, 0.25) is 0 Å². The average Bonchev–Trinajstić information content (AvgIpc) is 2.29. The quantitative estimate of drug-likeness (QED) is 0.754. The number of rotatable bonds is 2. The van der Waals surface area contributed by atoms with Crippen LogP contribution in [0.3, 0.4) is 0 Å². The summed E-state index contributed by atoms with van der Waals surface area (Å²) in [5.41, 5.74) is 8.08. The minimum atomic E-state index is -0.932. The van der Waals surface area contributed by atoms with Crippen LogP contribution in [0.2, 0.25) is 0 Å². The van der Waals surface area contributed by atoms with Gasteiger partial charge in [0.25, 0.3) is 0 Å². The standard InChI is InChI=1S/C13H11NO2/c14-10-5-3-4-9(8-10)11-6-1-2-7-12(11)13(15)16/h1-8H,14H2,(H,15,16). The lowest BCUT2D eigenvalue weighted by Crippen LogP contribution is -1.99. The Hall–Kier alpha value is -2.29. The normalized spacial score (nSPS) is 10.0. The molecule has 3 nitrogen and oxygen atoms in total. The molecule has 2 rings (SSSR count). The molecule has 2 aromatic rings. The highest BCUT2D eigenvalue weighted by atomic mass is 16.4. The molecule has 3 heteroatoms. The van der Waals surface area contributed by atoms with Crippen molar-refractivity contribution < 1.29 is 9.90 Å². The van der Waals surface area contributed by atoms with Crippen LogP contribution in [0.5, 0.6) is 0 Å². The van der Waals surface area contributed by atoms with E-state index < -0.39 is 5.97 Å². The Labute approximate surface area is 93.1 Å². The molecule has 16 heavy (non-hydrogen) atoms. The first-order chi connectivity index (χ1) is 7.68. The lowest BCUT2D eigenvalue weighted by molar-refractivity contribution is 0.0697. The summed E-state index contributed by atoms with van der Waals surface area (Å²) in [6, 6.07) is 14.1. The van der Waals surface area contributed by atoms with E-state index in [1.165, 1.54) is 0 Å². The van der Waals surface area contributed by atoms with Crippen LogP contribution in [0.1, 0.15) is 10.4 Å². The van der Waals surface area contributed by atoms with Crippen molar-refractivity contribution in [1.82, 2.24) is 0 Å². The zero-order valence-electron chi connectivity index (χ0n) is 8.55. The van der Waals surface area contributed by atoms with Crippen LogP contribution in [0.15, 0.2) is 48.5 Å². The second-order valence-electron chi connectivity index (χ2n) is 3.48. The number of benzene rings is 2. The molecule has 0 spiro atoms. The van der Waals surface area contributed by atoms with Gasteiger partial charge in [-0.2, -0.15) is 0 Å². The predicted molar refractivity (Wildman–Crippen MR) is 63.2 cm³/mol. The van der Waals surface area contributed by atoms with Gasteiger partial charge in [-0.15, -0.1) is 0 Å². The summed E-state index contributed by atoms with van der Waals surface area (Å²) in [4.78, 5) is 11.0. The molecule has 0 fully saturated rings. The van der Waals surface area contributed by atoms with Crippen LogP contribution in [-0.4, -0.2) is 11.1 Å². The largest absolute Gasteiger partial charge is 0.478 e. The van der Waals surface area contributed by atoms with Crippen LogP contribution < -0.4 is 5.73 Å². The molecule has 0 aromatic heterocycles. The Bertz CT molecular complexity index is 535. The number of hydrogen-bond donors (Lipinski definition) is 2. The predicted octanol–water partition coefficient (Wildman–Crippen LogP) is 2.63. The number of nitrogens with two attached hydrogens (primary N) is 1. The van der Waals surface area contributed by atoms with Crippen LogP contribution >= 0.6 is 0 Å². The van der Waals surface area contributed by atoms with Gasteiger partial charge in [0.1, 0.15) is 0 Å². The third-order valence-electron chi connectivity index (χ3n) is 2.36. The number of aromatic carboxylic acids is 1. The summed E-state index contributed by atoms with van der Waals surface area (Å²) in [6.45, 7) is 0. The molecular formula is C13H11NO2. The van der Waals surface area contributed by atoms with Gasteiger partial charge in [0, 0.05) is 5.69 Å². The van der Waals surface area contributed by atoms with Crippen molar-refractivity contribution in [2.24, 2.45) is 0 Å². The van der Waals surface area contributed by atoms with E-state index >= 15 is 0 Å². The van der Waals surface area contributed by atoms with Crippen molar-refractivity contribution in [2.45, 2.75) is 0 Å². The Morgan fingerprint density at radius 3 is 2.50 bits per heavy atom. The highest BCUT2D eigenvalue weighted by Gasteiger charge is 2.10. The maximum Gasteiger partial charge on any atom is 0.336 e. The number of anilines is 1. The smallest absolute Gasteiger partial charge is 0.336 e. The molecule has 0 saturated carbocycles. The second kappa shape index (κ2) is 4.06. The Balaban J connectivity index is 2.60. The number of carbonyl (C=O) groups is 1. The Kier molecular flexibility index (Phi) is 2.60. The van der Waals surface area contributed by atoms with E-state index in [1.807, 2.05) is 18.2 Å². The molecule has 0 bridgehead atoms. The zero-order valence-corrected chi connectivity index (χ0v) is 8.55. The van der Waals surface area contributed by atoms with Gasteiger partial charge in [-0.3, -0.25) is 0 Å². The van der Waals surface area contributed by atoms with Crippen LogP contribution in [0.4, 0.5) is 5.69 Å². The fourth-order valence-corrected chi connectivity index (χ4v) is 1.63. The van der Waals surface area contributed by atoms with Gasteiger partial charge in [-0.05, 0) is 29.3 Å². The molecule has 0 aliphatic heterocycles.